The van der Waals surface area contributed by atoms with E-state index in [-0.39, 0.29) is 5.78 Å². The highest BCUT2D eigenvalue weighted by molar-refractivity contribution is 6.31. The molecule has 0 aliphatic heterocycles. The Labute approximate surface area is 71.6 Å². The first kappa shape index (κ1) is 10.9. The van der Waals surface area contributed by atoms with Crippen molar-refractivity contribution in [1.29, 1.82) is 0 Å². The number of ether oxygens (including phenoxy) is 2. The largest absolute Gasteiger partial charge is 0.352 e. The van der Waals surface area contributed by atoms with Crippen LogP contribution in [-0.4, -0.2) is 31.2 Å². The van der Waals surface area contributed by atoms with Gasteiger partial charge < -0.3 is 9.47 Å². The van der Waals surface area contributed by atoms with E-state index in [0.29, 0.717) is 0 Å². The zero-order valence-corrected chi connectivity index (χ0v) is 7.94. The lowest BCUT2D eigenvalue weighted by Crippen LogP contribution is -2.43. The van der Waals surface area contributed by atoms with Gasteiger partial charge in [-0.15, -0.1) is 11.6 Å². The Morgan fingerprint density at radius 1 is 1.45 bits per heavy atom. The lowest BCUT2D eigenvalue weighted by atomic mass is 10.1. The van der Waals surface area contributed by atoms with Crippen LogP contribution in [0.2, 0.25) is 0 Å². The maximum absolute atomic E-state index is 10.8. The SMILES string of the molecule is COC(C)(OC)C(Cl)C(C)=O. The van der Waals surface area contributed by atoms with Gasteiger partial charge in [-0.05, 0) is 13.8 Å². The van der Waals surface area contributed by atoms with Crippen molar-refractivity contribution in [1.82, 2.24) is 0 Å². The van der Waals surface area contributed by atoms with Gasteiger partial charge in [0, 0.05) is 14.2 Å². The fourth-order valence-electron chi connectivity index (χ4n) is 0.659. The van der Waals surface area contributed by atoms with Crippen molar-refractivity contribution in [2.24, 2.45) is 0 Å². The van der Waals surface area contributed by atoms with Crippen LogP contribution in [0, 0.1) is 0 Å². The summed E-state index contributed by atoms with van der Waals surface area (Å²) in [7, 11) is 2.89. The van der Waals surface area contributed by atoms with Crippen LogP contribution in [0.1, 0.15) is 13.8 Å². The van der Waals surface area contributed by atoms with Gasteiger partial charge in [-0.2, -0.15) is 0 Å². The van der Waals surface area contributed by atoms with E-state index in [2.05, 4.69) is 0 Å². The van der Waals surface area contributed by atoms with Crippen LogP contribution in [0.15, 0.2) is 0 Å². The number of alkyl halides is 1. The maximum Gasteiger partial charge on any atom is 0.188 e. The molecule has 0 radical (unpaired) electrons. The molecular formula is C7H13ClO3. The fraction of sp³-hybridized carbons (Fsp3) is 0.857. The number of methoxy groups -OCH3 is 2. The summed E-state index contributed by atoms with van der Waals surface area (Å²) in [5.74, 6) is -1.19. The predicted molar refractivity (Wildman–Crippen MR) is 42.7 cm³/mol. The first-order valence-corrected chi connectivity index (χ1v) is 3.66. The zero-order valence-electron chi connectivity index (χ0n) is 7.18. The summed E-state index contributed by atoms with van der Waals surface area (Å²) in [6.45, 7) is 3.01. The highest BCUT2D eigenvalue weighted by atomic mass is 35.5. The molecule has 0 aromatic rings. The minimum atomic E-state index is -1.02. The predicted octanol–water partition coefficient (Wildman–Crippen LogP) is 1.19. The Kier molecular flexibility index (Phi) is 4.00. The number of halogens is 1. The minimum absolute atomic E-state index is 0.169. The summed E-state index contributed by atoms with van der Waals surface area (Å²) in [6, 6.07) is 0. The molecule has 0 rings (SSSR count). The monoisotopic (exact) mass is 180 g/mol. The van der Waals surface area contributed by atoms with Crippen molar-refractivity contribution >= 4 is 17.4 Å². The normalized spacial score (nSPS) is 14.6. The molecule has 0 heterocycles. The van der Waals surface area contributed by atoms with E-state index >= 15 is 0 Å². The number of rotatable bonds is 4. The third-order valence-electron chi connectivity index (χ3n) is 1.63. The lowest BCUT2D eigenvalue weighted by Gasteiger charge is -2.29. The molecule has 0 aromatic carbocycles. The summed E-state index contributed by atoms with van der Waals surface area (Å²) in [5, 5.41) is -0.766. The van der Waals surface area contributed by atoms with Gasteiger partial charge in [0.25, 0.3) is 0 Å². The van der Waals surface area contributed by atoms with Crippen molar-refractivity contribution < 1.29 is 14.3 Å². The van der Waals surface area contributed by atoms with Gasteiger partial charge in [-0.1, -0.05) is 0 Å². The molecule has 0 spiro atoms. The van der Waals surface area contributed by atoms with Crippen LogP contribution in [0.25, 0.3) is 0 Å². The molecule has 0 aliphatic rings. The maximum atomic E-state index is 10.8. The quantitative estimate of drug-likeness (QED) is 0.482. The van der Waals surface area contributed by atoms with Crippen molar-refractivity contribution in [2.75, 3.05) is 14.2 Å². The number of carbonyl (C=O) groups is 1. The molecule has 0 N–H and O–H groups in total. The van der Waals surface area contributed by atoms with Gasteiger partial charge in [-0.3, -0.25) is 4.79 Å². The Morgan fingerprint density at radius 3 is 1.91 bits per heavy atom. The molecule has 0 amide bonds. The van der Waals surface area contributed by atoms with Gasteiger partial charge in [0.2, 0.25) is 0 Å². The summed E-state index contributed by atoms with van der Waals surface area (Å²) in [6.07, 6.45) is 0. The molecule has 0 aliphatic carbocycles. The van der Waals surface area contributed by atoms with E-state index < -0.39 is 11.2 Å². The molecule has 4 heteroatoms. The number of Topliss-reactive ketones (excluding diaryl/α,β-unsaturated/α-hetero) is 1. The topological polar surface area (TPSA) is 35.5 Å². The van der Waals surface area contributed by atoms with Crippen molar-refractivity contribution in [3.8, 4) is 0 Å². The molecule has 1 atom stereocenters. The summed E-state index contributed by atoms with van der Waals surface area (Å²) < 4.78 is 9.87. The zero-order chi connectivity index (χ0) is 9.07. The smallest absolute Gasteiger partial charge is 0.188 e. The molecule has 11 heavy (non-hydrogen) atoms. The van der Waals surface area contributed by atoms with Gasteiger partial charge in [0.1, 0.15) is 5.38 Å². The number of hydrogen-bond donors (Lipinski definition) is 0. The van der Waals surface area contributed by atoms with E-state index in [1.54, 1.807) is 6.92 Å². The molecule has 1 unspecified atom stereocenters. The van der Waals surface area contributed by atoms with Crippen LogP contribution in [0.3, 0.4) is 0 Å². The Bertz CT molecular complexity index is 143. The molecule has 0 aromatic heterocycles. The van der Waals surface area contributed by atoms with Gasteiger partial charge >= 0.3 is 0 Å². The second-order valence-electron chi connectivity index (χ2n) is 2.40. The highest BCUT2D eigenvalue weighted by Crippen LogP contribution is 2.21. The fourth-order valence-corrected chi connectivity index (χ4v) is 0.838. The Morgan fingerprint density at radius 2 is 1.82 bits per heavy atom. The first-order chi connectivity index (χ1) is 4.98. The first-order valence-electron chi connectivity index (χ1n) is 3.22. The van der Waals surface area contributed by atoms with Crippen LogP contribution >= 0.6 is 11.6 Å². The van der Waals surface area contributed by atoms with Gasteiger partial charge in [0.05, 0.1) is 0 Å². The Hall–Kier alpha value is -0.120. The van der Waals surface area contributed by atoms with Gasteiger partial charge in [-0.25, -0.2) is 0 Å². The number of hydrogen-bond acceptors (Lipinski definition) is 3. The molecule has 0 saturated carbocycles. The molecule has 0 fully saturated rings. The highest BCUT2D eigenvalue weighted by Gasteiger charge is 2.35. The van der Waals surface area contributed by atoms with Crippen LogP contribution in [0.4, 0.5) is 0 Å². The molecular weight excluding hydrogens is 168 g/mol. The van der Waals surface area contributed by atoms with Crippen LogP contribution < -0.4 is 0 Å². The second kappa shape index (κ2) is 4.04. The third-order valence-corrected chi connectivity index (χ3v) is 2.33. The average molecular weight is 181 g/mol. The van der Waals surface area contributed by atoms with E-state index in [0.717, 1.165) is 0 Å². The van der Waals surface area contributed by atoms with Crippen LogP contribution in [-0.2, 0) is 14.3 Å². The van der Waals surface area contributed by atoms with Gasteiger partial charge in [0.15, 0.2) is 11.6 Å². The molecule has 0 saturated heterocycles. The third kappa shape index (κ3) is 2.43. The molecule has 66 valence electrons. The van der Waals surface area contributed by atoms with Crippen molar-refractivity contribution in [2.45, 2.75) is 25.0 Å². The lowest BCUT2D eigenvalue weighted by molar-refractivity contribution is -0.194. The summed E-state index contributed by atoms with van der Waals surface area (Å²) >= 11 is 5.72. The van der Waals surface area contributed by atoms with E-state index in [1.165, 1.54) is 21.1 Å². The summed E-state index contributed by atoms with van der Waals surface area (Å²) in [4.78, 5) is 10.8. The van der Waals surface area contributed by atoms with Crippen LogP contribution in [0.5, 0.6) is 0 Å². The molecule has 3 nitrogen and oxygen atoms in total. The van der Waals surface area contributed by atoms with Crippen molar-refractivity contribution in [3.63, 3.8) is 0 Å². The number of ketones is 1. The van der Waals surface area contributed by atoms with Crippen molar-refractivity contribution in [3.05, 3.63) is 0 Å². The Balaban J connectivity index is 4.36. The van der Waals surface area contributed by atoms with E-state index in [4.69, 9.17) is 21.1 Å². The summed E-state index contributed by atoms with van der Waals surface area (Å²) in [5.41, 5.74) is 0. The minimum Gasteiger partial charge on any atom is -0.352 e. The average Bonchev–Trinajstić information content (AvgIpc) is 2.01. The second-order valence-corrected chi connectivity index (χ2v) is 2.83. The number of carbonyl (C=O) groups excluding carboxylic acids is 1. The van der Waals surface area contributed by atoms with E-state index in [1.807, 2.05) is 0 Å². The standard InChI is InChI=1S/C7H13ClO3/c1-5(9)6(8)7(2,10-3)11-4/h6H,1-4H3. The van der Waals surface area contributed by atoms with E-state index in [9.17, 15) is 4.79 Å². The molecule has 0 bridgehead atoms.